The zero-order valence-corrected chi connectivity index (χ0v) is 15.8. The van der Waals surface area contributed by atoms with Crippen LogP contribution in [0.5, 0.6) is 0 Å². The molecule has 0 aliphatic carbocycles. The van der Waals surface area contributed by atoms with Gasteiger partial charge in [-0.05, 0) is 55.8 Å². The minimum absolute atomic E-state index is 0.0996. The molecule has 27 heavy (non-hydrogen) atoms. The Kier molecular flexibility index (Phi) is 6.21. The topological polar surface area (TPSA) is 74.5 Å². The molecule has 0 N–H and O–H groups in total. The Bertz CT molecular complexity index is 889. The van der Waals surface area contributed by atoms with Crippen LogP contribution in [0.4, 0.5) is 0 Å². The molecule has 7 heteroatoms. The van der Waals surface area contributed by atoms with Gasteiger partial charge in [0.2, 0.25) is 5.82 Å². The second-order valence-corrected chi connectivity index (χ2v) is 6.59. The number of hydrogen-bond donors (Lipinski definition) is 0. The van der Waals surface area contributed by atoms with Crippen molar-refractivity contribution in [2.45, 2.75) is 33.2 Å². The summed E-state index contributed by atoms with van der Waals surface area (Å²) in [6.45, 7) is 4.35. The van der Waals surface area contributed by atoms with E-state index in [1.165, 1.54) is 0 Å². The molecule has 0 amide bonds. The summed E-state index contributed by atoms with van der Waals surface area (Å²) in [6, 6.07) is 14.1. The number of esters is 1. The summed E-state index contributed by atoms with van der Waals surface area (Å²) in [5, 5.41) is 4.50. The summed E-state index contributed by atoms with van der Waals surface area (Å²) in [5.74, 6) is 0.167. The Balaban J connectivity index is 1.55. The van der Waals surface area contributed by atoms with E-state index in [0.29, 0.717) is 23.0 Å². The largest absolute Gasteiger partial charge is 0.452 e. The summed E-state index contributed by atoms with van der Waals surface area (Å²) in [5.41, 5.74) is 2.20. The predicted molar refractivity (Wildman–Crippen MR) is 100 cm³/mol. The number of carbonyl (C=O) groups is 1. The molecule has 0 saturated heterocycles. The summed E-state index contributed by atoms with van der Waals surface area (Å²) in [7, 11) is 0. The Morgan fingerprint density at radius 1 is 1.07 bits per heavy atom. The number of rotatable bonds is 7. The van der Waals surface area contributed by atoms with Crippen molar-refractivity contribution in [2.75, 3.05) is 0 Å². The molecule has 3 rings (SSSR count). The molecule has 0 spiro atoms. The normalized spacial score (nSPS) is 11.0. The molecule has 0 radical (unpaired) electrons. The zero-order chi connectivity index (χ0) is 19.2. The SMILES string of the molecule is CC(C)OCc1ccc(C(=O)OCc2nc(-c3ccc(Cl)cc3)no2)cc1. The van der Waals surface area contributed by atoms with Crippen molar-refractivity contribution in [3.63, 3.8) is 0 Å². The van der Waals surface area contributed by atoms with Gasteiger partial charge in [-0.3, -0.25) is 0 Å². The maximum Gasteiger partial charge on any atom is 0.338 e. The van der Waals surface area contributed by atoms with Crippen LogP contribution < -0.4 is 0 Å². The van der Waals surface area contributed by atoms with Crippen molar-refractivity contribution < 1.29 is 18.8 Å². The van der Waals surface area contributed by atoms with Crippen LogP contribution in [0.3, 0.4) is 0 Å². The molecular weight excluding hydrogens is 368 g/mol. The van der Waals surface area contributed by atoms with Crippen molar-refractivity contribution in [2.24, 2.45) is 0 Å². The third-order valence-electron chi connectivity index (χ3n) is 3.67. The first-order valence-corrected chi connectivity index (χ1v) is 8.85. The maximum absolute atomic E-state index is 12.2. The van der Waals surface area contributed by atoms with E-state index in [1.54, 1.807) is 36.4 Å². The van der Waals surface area contributed by atoms with E-state index in [9.17, 15) is 4.79 Å². The molecule has 0 aliphatic heterocycles. The van der Waals surface area contributed by atoms with E-state index in [0.717, 1.165) is 11.1 Å². The quantitative estimate of drug-likeness (QED) is 0.549. The number of ether oxygens (including phenoxy) is 2. The Hall–Kier alpha value is -2.70. The number of benzene rings is 2. The van der Waals surface area contributed by atoms with Crippen LogP contribution in [-0.4, -0.2) is 22.2 Å². The molecule has 2 aromatic carbocycles. The number of aromatic nitrogens is 2. The van der Waals surface area contributed by atoms with Gasteiger partial charge in [0.1, 0.15) is 0 Å². The Morgan fingerprint density at radius 3 is 2.44 bits per heavy atom. The molecule has 0 fully saturated rings. The van der Waals surface area contributed by atoms with Crippen LogP contribution in [0.1, 0.15) is 35.7 Å². The second-order valence-electron chi connectivity index (χ2n) is 6.15. The van der Waals surface area contributed by atoms with Gasteiger partial charge in [0.25, 0.3) is 5.89 Å². The van der Waals surface area contributed by atoms with Crippen LogP contribution >= 0.6 is 11.6 Å². The van der Waals surface area contributed by atoms with E-state index >= 15 is 0 Å². The van der Waals surface area contributed by atoms with Crippen LogP contribution in [0.2, 0.25) is 5.02 Å². The monoisotopic (exact) mass is 386 g/mol. The van der Waals surface area contributed by atoms with Crippen LogP contribution in [0, 0.1) is 0 Å². The lowest BCUT2D eigenvalue weighted by atomic mass is 10.1. The van der Waals surface area contributed by atoms with Gasteiger partial charge in [0.05, 0.1) is 18.3 Å². The highest BCUT2D eigenvalue weighted by molar-refractivity contribution is 6.30. The number of nitrogens with zero attached hydrogens (tertiary/aromatic N) is 2. The molecule has 1 heterocycles. The van der Waals surface area contributed by atoms with Gasteiger partial charge in [-0.2, -0.15) is 4.98 Å². The van der Waals surface area contributed by atoms with E-state index in [-0.39, 0.29) is 18.6 Å². The molecule has 1 aromatic heterocycles. The highest BCUT2D eigenvalue weighted by Gasteiger charge is 2.12. The summed E-state index contributed by atoms with van der Waals surface area (Å²) in [6.07, 6.45) is 0.154. The van der Waals surface area contributed by atoms with Gasteiger partial charge in [-0.15, -0.1) is 0 Å². The van der Waals surface area contributed by atoms with Gasteiger partial charge in [-0.25, -0.2) is 4.79 Å². The van der Waals surface area contributed by atoms with E-state index in [4.69, 9.17) is 25.6 Å². The lowest BCUT2D eigenvalue weighted by Crippen LogP contribution is -2.06. The molecule has 0 aliphatic rings. The Morgan fingerprint density at radius 2 is 1.78 bits per heavy atom. The van der Waals surface area contributed by atoms with E-state index in [1.807, 2.05) is 26.0 Å². The molecule has 0 bridgehead atoms. The van der Waals surface area contributed by atoms with Crippen molar-refractivity contribution in [3.05, 3.63) is 70.6 Å². The number of carbonyl (C=O) groups excluding carboxylic acids is 1. The molecule has 6 nitrogen and oxygen atoms in total. The minimum atomic E-state index is -0.461. The summed E-state index contributed by atoms with van der Waals surface area (Å²) >= 11 is 5.86. The number of halogens is 1. The van der Waals surface area contributed by atoms with Gasteiger partial charge in [-0.1, -0.05) is 28.9 Å². The molecular formula is C20H19ClN2O4. The van der Waals surface area contributed by atoms with E-state index in [2.05, 4.69) is 10.1 Å². The van der Waals surface area contributed by atoms with Crippen molar-refractivity contribution in [1.82, 2.24) is 10.1 Å². The van der Waals surface area contributed by atoms with Gasteiger partial charge in [0.15, 0.2) is 6.61 Å². The molecule has 0 unspecified atom stereocenters. The molecule has 0 atom stereocenters. The van der Waals surface area contributed by atoms with Crippen LogP contribution in [0.15, 0.2) is 53.1 Å². The van der Waals surface area contributed by atoms with Gasteiger partial charge < -0.3 is 14.0 Å². The standard InChI is InChI=1S/C20H19ClN2O4/c1-13(2)25-11-14-3-5-16(6-4-14)20(24)26-12-18-22-19(23-27-18)15-7-9-17(21)10-8-15/h3-10,13H,11-12H2,1-2H3. The Labute approximate surface area is 162 Å². The molecule has 0 saturated carbocycles. The van der Waals surface area contributed by atoms with Crippen molar-refractivity contribution >= 4 is 17.6 Å². The highest BCUT2D eigenvalue weighted by atomic mass is 35.5. The molecule has 3 aromatic rings. The fourth-order valence-corrected chi connectivity index (χ4v) is 2.37. The van der Waals surface area contributed by atoms with Crippen LogP contribution in [-0.2, 0) is 22.7 Å². The van der Waals surface area contributed by atoms with Crippen molar-refractivity contribution in [1.29, 1.82) is 0 Å². The lowest BCUT2D eigenvalue weighted by molar-refractivity contribution is 0.0429. The van der Waals surface area contributed by atoms with Crippen LogP contribution in [0.25, 0.3) is 11.4 Å². The van der Waals surface area contributed by atoms with Gasteiger partial charge >= 0.3 is 5.97 Å². The van der Waals surface area contributed by atoms with E-state index < -0.39 is 5.97 Å². The average molecular weight is 387 g/mol. The summed E-state index contributed by atoms with van der Waals surface area (Å²) < 4.78 is 15.9. The fraction of sp³-hybridized carbons (Fsp3) is 0.250. The first kappa shape index (κ1) is 19.1. The van der Waals surface area contributed by atoms with Crippen molar-refractivity contribution in [3.8, 4) is 11.4 Å². The third kappa shape index (κ3) is 5.39. The minimum Gasteiger partial charge on any atom is -0.452 e. The highest BCUT2D eigenvalue weighted by Crippen LogP contribution is 2.19. The predicted octanol–water partition coefficient (Wildman–Crippen LogP) is 4.67. The molecule has 140 valence electrons. The maximum atomic E-state index is 12.2. The zero-order valence-electron chi connectivity index (χ0n) is 15.0. The lowest BCUT2D eigenvalue weighted by Gasteiger charge is -2.08. The summed E-state index contributed by atoms with van der Waals surface area (Å²) in [4.78, 5) is 16.4. The third-order valence-corrected chi connectivity index (χ3v) is 3.92. The first-order valence-electron chi connectivity index (χ1n) is 8.47. The fourth-order valence-electron chi connectivity index (χ4n) is 2.24. The smallest absolute Gasteiger partial charge is 0.338 e. The average Bonchev–Trinajstić information content (AvgIpc) is 3.14. The number of hydrogen-bond acceptors (Lipinski definition) is 6. The van der Waals surface area contributed by atoms with Gasteiger partial charge in [0, 0.05) is 10.6 Å². The second kappa shape index (κ2) is 8.79. The first-order chi connectivity index (χ1) is 13.0.